The van der Waals surface area contributed by atoms with Gasteiger partial charge in [0.2, 0.25) is 5.88 Å². The molecule has 0 atom stereocenters. The van der Waals surface area contributed by atoms with Crippen LogP contribution in [0.5, 0.6) is 11.6 Å². The topological polar surface area (TPSA) is 87.0 Å². The molecule has 1 aromatic carbocycles. The van der Waals surface area contributed by atoms with E-state index < -0.39 is 9.84 Å². The number of nitrogens with zero attached hydrogens (tertiary/aromatic N) is 4. The van der Waals surface area contributed by atoms with Gasteiger partial charge in [0.15, 0.2) is 15.5 Å². The Bertz CT molecular complexity index is 951. The first kappa shape index (κ1) is 14.9. The zero-order chi connectivity index (χ0) is 15.9. The van der Waals surface area contributed by atoms with Gasteiger partial charge in [0.1, 0.15) is 22.1 Å². The summed E-state index contributed by atoms with van der Waals surface area (Å²) in [5.41, 5.74) is 0.629. The second-order valence-corrected chi connectivity index (χ2v) is 7.40. The van der Waals surface area contributed by atoms with Crippen LogP contribution in [-0.2, 0) is 16.9 Å². The second-order valence-electron chi connectivity index (χ2n) is 4.64. The average Bonchev–Trinajstić information content (AvgIpc) is 2.75. The van der Waals surface area contributed by atoms with E-state index in [2.05, 4.69) is 31.0 Å². The summed E-state index contributed by atoms with van der Waals surface area (Å²) in [5, 5.41) is 4.86. The molecular weight excluding hydrogens is 372 g/mol. The Morgan fingerprint density at radius 3 is 2.50 bits per heavy atom. The lowest BCUT2D eigenvalue weighted by Gasteiger charge is -2.06. The first-order chi connectivity index (χ1) is 10.4. The molecule has 0 aliphatic carbocycles. The van der Waals surface area contributed by atoms with Crippen LogP contribution in [0.3, 0.4) is 0 Å². The van der Waals surface area contributed by atoms with Crippen LogP contribution in [-0.4, -0.2) is 34.4 Å². The van der Waals surface area contributed by atoms with Crippen LogP contribution in [0.4, 0.5) is 0 Å². The zero-order valence-corrected chi connectivity index (χ0v) is 14.1. The van der Waals surface area contributed by atoms with Crippen molar-refractivity contribution in [2.24, 2.45) is 7.05 Å². The molecular formula is C13H11BrN4O3S. The molecule has 0 radical (unpaired) electrons. The third kappa shape index (κ3) is 2.69. The largest absolute Gasteiger partial charge is 0.438 e. The predicted molar refractivity (Wildman–Crippen MR) is 83.6 cm³/mol. The summed E-state index contributed by atoms with van der Waals surface area (Å²) in [6.07, 6.45) is 2.54. The Hall–Kier alpha value is -2.00. The first-order valence-corrected chi connectivity index (χ1v) is 8.86. The van der Waals surface area contributed by atoms with Crippen LogP contribution in [0, 0.1) is 0 Å². The van der Waals surface area contributed by atoms with Crippen molar-refractivity contribution in [2.75, 3.05) is 6.26 Å². The Morgan fingerprint density at radius 2 is 1.86 bits per heavy atom. The van der Waals surface area contributed by atoms with E-state index in [1.54, 1.807) is 23.9 Å². The molecule has 2 aromatic heterocycles. The van der Waals surface area contributed by atoms with Crippen molar-refractivity contribution >= 4 is 36.8 Å². The molecule has 0 N–H and O–H groups in total. The molecule has 22 heavy (non-hydrogen) atoms. The van der Waals surface area contributed by atoms with Crippen molar-refractivity contribution < 1.29 is 13.2 Å². The molecule has 9 heteroatoms. The highest BCUT2D eigenvalue weighted by Gasteiger charge is 2.15. The molecule has 0 spiro atoms. The predicted octanol–water partition coefficient (Wildman–Crippen LogP) is 2.32. The third-order valence-corrected chi connectivity index (χ3v) is 4.69. The van der Waals surface area contributed by atoms with Crippen LogP contribution < -0.4 is 4.74 Å². The minimum Gasteiger partial charge on any atom is -0.438 e. The molecule has 0 bridgehead atoms. The highest BCUT2D eigenvalue weighted by molar-refractivity contribution is 9.10. The lowest BCUT2D eigenvalue weighted by molar-refractivity contribution is 0.467. The number of aryl methyl sites for hydroxylation is 1. The normalized spacial score (nSPS) is 11.8. The molecule has 0 aliphatic heterocycles. The number of benzene rings is 1. The van der Waals surface area contributed by atoms with Gasteiger partial charge in [-0.25, -0.2) is 23.1 Å². The number of ether oxygens (including phenoxy) is 1. The van der Waals surface area contributed by atoms with Gasteiger partial charge in [-0.05, 0) is 40.2 Å². The molecule has 114 valence electrons. The van der Waals surface area contributed by atoms with E-state index in [0.717, 1.165) is 6.26 Å². The van der Waals surface area contributed by atoms with Crippen molar-refractivity contribution in [3.05, 3.63) is 35.2 Å². The van der Waals surface area contributed by atoms with Gasteiger partial charge in [-0.1, -0.05) is 0 Å². The van der Waals surface area contributed by atoms with Gasteiger partial charge in [-0.2, -0.15) is 5.10 Å². The quantitative estimate of drug-likeness (QED) is 0.690. The maximum absolute atomic E-state index is 11.4. The SMILES string of the molecule is Cn1nc(Br)c2c(Oc3ccc(S(C)(=O)=O)cc3)ncnc21. The van der Waals surface area contributed by atoms with Gasteiger partial charge in [0.05, 0.1) is 4.90 Å². The monoisotopic (exact) mass is 382 g/mol. The van der Waals surface area contributed by atoms with E-state index in [0.29, 0.717) is 27.3 Å². The van der Waals surface area contributed by atoms with Crippen LogP contribution >= 0.6 is 15.9 Å². The highest BCUT2D eigenvalue weighted by Crippen LogP contribution is 2.31. The lowest BCUT2D eigenvalue weighted by Crippen LogP contribution is -1.97. The van der Waals surface area contributed by atoms with Crippen LogP contribution in [0.15, 0.2) is 40.1 Å². The fraction of sp³-hybridized carbons (Fsp3) is 0.154. The van der Waals surface area contributed by atoms with E-state index in [-0.39, 0.29) is 4.90 Å². The Balaban J connectivity index is 2.00. The van der Waals surface area contributed by atoms with Gasteiger partial charge in [0.25, 0.3) is 0 Å². The van der Waals surface area contributed by atoms with Crippen molar-refractivity contribution in [3.8, 4) is 11.6 Å². The van der Waals surface area contributed by atoms with Crippen molar-refractivity contribution in [1.29, 1.82) is 0 Å². The number of hydrogen-bond donors (Lipinski definition) is 0. The van der Waals surface area contributed by atoms with Gasteiger partial charge in [-0.3, -0.25) is 0 Å². The average molecular weight is 383 g/mol. The number of sulfone groups is 1. The number of rotatable bonds is 3. The second kappa shape index (κ2) is 5.33. The summed E-state index contributed by atoms with van der Waals surface area (Å²) in [6.45, 7) is 0. The summed E-state index contributed by atoms with van der Waals surface area (Å²) in [4.78, 5) is 8.49. The van der Waals surface area contributed by atoms with E-state index in [9.17, 15) is 8.42 Å². The molecule has 0 unspecified atom stereocenters. The smallest absolute Gasteiger partial charge is 0.234 e. The van der Waals surface area contributed by atoms with E-state index >= 15 is 0 Å². The molecule has 3 rings (SSSR count). The van der Waals surface area contributed by atoms with Gasteiger partial charge < -0.3 is 4.74 Å². The molecule has 0 saturated carbocycles. The number of aromatic nitrogens is 4. The maximum Gasteiger partial charge on any atom is 0.234 e. The fourth-order valence-corrected chi connectivity index (χ4v) is 3.17. The summed E-state index contributed by atoms with van der Waals surface area (Å²) >= 11 is 3.35. The minimum atomic E-state index is -3.23. The summed E-state index contributed by atoms with van der Waals surface area (Å²) in [6, 6.07) is 6.13. The zero-order valence-electron chi connectivity index (χ0n) is 11.7. The maximum atomic E-state index is 11.4. The molecule has 3 aromatic rings. The molecule has 0 saturated heterocycles. The Kier molecular flexibility index (Phi) is 3.61. The van der Waals surface area contributed by atoms with E-state index in [1.807, 2.05) is 0 Å². The molecule has 2 heterocycles. The Labute approximate surface area is 135 Å². The molecule has 7 nitrogen and oxygen atoms in total. The highest BCUT2D eigenvalue weighted by atomic mass is 79.9. The molecule has 0 amide bonds. The molecule has 0 fully saturated rings. The first-order valence-electron chi connectivity index (χ1n) is 6.17. The summed E-state index contributed by atoms with van der Waals surface area (Å²) in [5.74, 6) is 0.820. The fourth-order valence-electron chi connectivity index (χ4n) is 1.96. The summed E-state index contributed by atoms with van der Waals surface area (Å²) < 4.78 is 30.8. The van der Waals surface area contributed by atoms with Crippen molar-refractivity contribution in [3.63, 3.8) is 0 Å². The number of halogens is 1. The van der Waals surface area contributed by atoms with Gasteiger partial charge in [0, 0.05) is 13.3 Å². The van der Waals surface area contributed by atoms with Crippen molar-refractivity contribution in [1.82, 2.24) is 19.7 Å². The number of fused-ring (bicyclic) bond motifs is 1. The van der Waals surface area contributed by atoms with Crippen molar-refractivity contribution in [2.45, 2.75) is 4.90 Å². The minimum absolute atomic E-state index is 0.232. The molecule has 0 aliphatic rings. The van der Waals surface area contributed by atoms with Gasteiger partial charge in [-0.15, -0.1) is 0 Å². The number of hydrogen-bond acceptors (Lipinski definition) is 6. The standard InChI is InChI=1S/C13H11BrN4O3S/c1-18-12-10(11(14)17-18)13(16-7-15-12)21-8-3-5-9(6-4-8)22(2,19)20/h3-7H,1-2H3. The van der Waals surface area contributed by atoms with Crippen LogP contribution in [0.2, 0.25) is 0 Å². The Morgan fingerprint density at radius 1 is 1.18 bits per heavy atom. The van der Waals surface area contributed by atoms with Gasteiger partial charge >= 0.3 is 0 Å². The lowest BCUT2D eigenvalue weighted by atomic mass is 10.3. The van der Waals surface area contributed by atoms with Crippen LogP contribution in [0.1, 0.15) is 0 Å². The van der Waals surface area contributed by atoms with E-state index in [4.69, 9.17) is 4.74 Å². The third-order valence-electron chi connectivity index (χ3n) is 3.01. The summed E-state index contributed by atoms with van der Waals surface area (Å²) in [7, 11) is -1.46. The van der Waals surface area contributed by atoms with E-state index in [1.165, 1.54) is 18.5 Å². The van der Waals surface area contributed by atoms with Crippen LogP contribution in [0.25, 0.3) is 11.0 Å².